The number of guanidine groups is 1. The number of likely N-dealkylation sites (N-methyl/N-ethyl adjacent to an activating group) is 1. The summed E-state index contributed by atoms with van der Waals surface area (Å²) in [6.45, 7) is 6.47. The van der Waals surface area contributed by atoms with E-state index in [0.29, 0.717) is 25.6 Å². The minimum atomic E-state index is -4.15. The highest BCUT2D eigenvalue weighted by Crippen LogP contribution is 2.14. The predicted molar refractivity (Wildman–Crippen MR) is 103 cm³/mol. The van der Waals surface area contributed by atoms with E-state index in [2.05, 4.69) is 20.5 Å². The molecule has 0 aliphatic carbocycles. The molecule has 0 aromatic carbocycles. The lowest BCUT2D eigenvalue weighted by molar-refractivity contribution is -0.142. The summed E-state index contributed by atoms with van der Waals surface area (Å²) in [5.74, 6) is 0.671. The number of nitrogens with one attached hydrogen (secondary N) is 2. The Kier molecular flexibility index (Phi) is 12.8. The number of aliphatic imine (C=N–C) groups is 1. The van der Waals surface area contributed by atoms with E-state index < -0.39 is 12.7 Å². The van der Waals surface area contributed by atoms with Crippen molar-refractivity contribution in [1.29, 1.82) is 0 Å². The van der Waals surface area contributed by atoms with E-state index in [-0.39, 0.29) is 24.0 Å². The van der Waals surface area contributed by atoms with E-state index in [0.717, 1.165) is 26.2 Å². The van der Waals surface area contributed by atoms with Gasteiger partial charge in [0.2, 0.25) is 0 Å². The number of piperidine rings is 1. The molecule has 2 N–H and O–H groups in total. The third kappa shape index (κ3) is 12.1. The van der Waals surface area contributed by atoms with Crippen LogP contribution in [0.15, 0.2) is 4.99 Å². The first kappa shape index (κ1) is 23.7. The van der Waals surface area contributed by atoms with Gasteiger partial charge in [0.05, 0.1) is 13.1 Å². The van der Waals surface area contributed by atoms with Crippen LogP contribution in [0.4, 0.5) is 13.2 Å². The van der Waals surface area contributed by atoms with Crippen molar-refractivity contribution in [3.8, 4) is 0 Å². The predicted octanol–water partition coefficient (Wildman–Crippen LogP) is 2.14. The van der Waals surface area contributed by atoms with Crippen LogP contribution in [0.3, 0.4) is 0 Å². The standard InChI is InChI=1S/C15H30F3N5.HI/c1-3-19-14(20-7-11-22(2)13-15(16,17)18)21-8-12-23-9-5-4-6-10-23;/h3-13H2,1-2H3,(H2,19,20,21);1H. The summed E-state index contributed by atoms with van der Waals surface area (Å²) in [4.78, 5) is 8.16. The molecule has 9 heteroatoms. The average molecular weight is 465 g/mol. The molecular formula is C15H31F3IN5. The maximum absolute atomic E-state index is 12.3. The molecule has 5 nitrogen and oxygen atoms in total. The summed E-state index contributed by atoms with van der Waals surface area (Å²) < 4.78 is 36.8. The lowest BCUT2D eigenvalue weighted by atomic mass is 10.1. The van der Waals surface area contributed by atoms with Crippen LogP contribution in [-0.4, -0.2) is 81.3 Å². The van der Waals surface area contributed by atoms with Gasteiger partial charge in [0.25, 0.3) is 0 Å². The molecule has 1 aliphatic rings. The monoisotopic (exact) mass is 465 g/mol. The first-order valence-corrected chi connectivity index (χ1v) is 8.40. The van der Waals surface area contributed by atoms with Crippen LogP contribution >= 0.6 is 24.0 Å². The highest BCUT2D eigenvalue weighted by atomic mass is 127. The van der Waals surface area contributed by atoms with Gasteiger partial charge in [0.15, 0.2) is 5.96 Å². The van der Waals surface area contributed by atoms with Crippen molar-refractivity contribution in [1.82, 2.24) is 20.4 Å². The molecule has 0 saturated carbocycles. The second-order valence-corrected chi connectivity index (χ2v) is 5.94. The van der Waals surface area contributed by atoms with E-state index in [4.69, 9.17) is 0 Å². The molecule has 0 atom stereocenters. The smallest absolute Gasteiger partial charge is 0.357 e. The van der Waals surface area contributed by atoms with Crippen LogP contribution in [-0.2, 0) is 0 Å². The number of alkyl halides is 3. The summed E-state index contributed by atoms with van der Waals surface area (Å²) in [6, 6.07) is 0. The quantitative estimate of drug-likeness (QED) is 0.328. The van der Waals surface area contributed by atoms with Gasteiger partial charge < -0.3 is 15.5 Å². The molecule has 0 radical (unpaired) electrons. The first-order valence-electron chi connectivity index (χ1n) is 8.40. The Morgan fingerprint density at radius 3 is 2.42 bits per heavy atom. The Morgan fingerprint density at radius 1 is 1.17 bits per heavy atom. The second-order valence-electron chi connectivity index (χ2n) is 5.94. The zero-order chi connectivity index (χ0) is 17.1. The fourth-order valence-electron chi connectivity index (χ4n) is 2.58. The number of nitrogens with zero attached hydrogens (tertiary/aromatic N) is 3. The summed E-state index contributed by atoms with van der Waals surface area (Å²) in [5.41, 5.74) is 0. The number of hydrogen-bond acceptors (Lipinski definition) is 3. The Morgan fingerprint density at radius 2 is 1.83 bits per heavy atom. The van der Waals surface area contributed by atoms with Gasteiger partial charge in [-0.3, -0.25) is 9.89 Å². The molecule has 0 spiro atoms. The van der Waals surface area contributed by atoms with Crippen molar-refractivity contribution in [2.24, 2.45) is 4.99 Å². The molecule has 0 amide bonds. The van der Waals surface area contributed by atoms with E-state index in [1.165, 1.54) is 31.2 Å². The topological polar surface area (TPSA) is 42.9 Å². The first-order chi connectivity index (χ1) is 10.9. The highest BCUT2D eigenvalue weighted by Gasteiger charge is 2.28. The Balaban J connectivity index is 0.00000529. The zero-order valence-corrected chi connectivity index (χ0v) is 17.0. The fourth-order valence-corrected chi connectivity index (χ4v) is 2.58. The van der Waals surface area contributed by atoms with Gasteiger partial charge in [0.1, 0.15) is 0 Å². The third-order valence-electron chi connectivity index (χ3n) is 3.71. The van der Waals surface area contributed by atoms with Crippen LogP contribution in [0.25, 0.3) is 0 Å². The summed E-state index contributed by atoms with van der Waals surface area (Å²) in [6.07, 6.45) is -0.321. The molecule has 1 fully saturated rings. The number of hydrogen-bond donors (Lipinski definition) is 2. The van der Waals surface area contributed by atoms with Crippen LogP contribution < -0.4 is 10.6 Å². The molecule has 144 valence electrons. The molecule has 0 aromatic heterocycles. The molecule has 1 saturated heterocycles. The van der Waals surface area contributed by atoms with Gasteiger partial charge in [-0.15, -0.1) is 24.0 Å². The summed E-state index contributed by atoms with van der Waals surface area (Å²) in [5, 5.41) is 6.21. The maximum Gasteiger partial charge on any atom is 0.401 e. The summed E-state index contributed by atoms with van der Waals surface area (Å²) >= 11 is 0. The van der Waals surface area contributed by atoms with E-state index in [9.17, 15) is 13.2 Å². The van der Waals surface area contributed by atoms with Crippen molar-refractivity contribution in [2.75, 3.05) is 59.4 Å². The highest BCUT2D eigenvalue weighted by molar-refractivity contribution is 14.0. The van der Waals surface area contributed by atoms with Crippen LogP contribution in [0, 0.1) is 0 Å². The molecule has 24 heavy (non-hydrogen) atoms. The van der Waals surface area contributed by atoms with E-state index in [1.54, 1.807) is 0 Å². The minimum Gasteiger partial charge on any atom is -0.357 e. The van der Waals surface area contributed by atoms with Crippen LogP contribution in [0.1, 0.15) is 26.2 Å². The maximum atomic E-state index is 12.3. The lowest BCUT2D eigenvalue weighted by Gasteiger charge is -2.25. The molecule has 1 heterocycles. The van der Waals surface area contributed by atoms with Crippen molar-refractivity contribution in [2.45, 2.75) is 32.4 Å². The second kappa shape index (κ2) is 13.0. The largest absolute Gasteiger partial charge is 0.401 e. The third-order valence-corrected chi connectivity index (χ3v) is 3.71. The van der Waals surface area contributed by atoms with Crippen molar-refractivity contribution >= 4 is 29.9 Å². The Labute approximate surface area is 160 Å². The van der Waals surface area contributed by atoms with Gasteiger partial charge in [-0.05, 0) is 39.9 Å². The van der Waals surface area contributed by atoms with Crippen LogP contribution in [0.2, 0.25) is 0 Å². The van der Waals surface area contributed by atoms with E-state index in [1.807, 2.05) is 6.92 Å². The van der Waals surface area contributed by atoms with Gasteiger partial charge in [-0.2, -0.15) is 13.2 Å². The SMILES string of the molecule is CCNC(=NCCN1CCCCC1)NCCN(C)CC(F)(F)F.I. The number of rotatable bonds is 8. The zero-order valence-electron chi connectivity index (χ0n) is 14.7. The number of likely N-dealkylation sites (tertiary alicyclic amines) is 1. The van der Waals surface area contributed by atoms with Crippen LogP contribution in [0.5, 0.6) is 0 Å². The minimum absolute atomic E-state index is 0. The Hall–Kier alpha value is -0.290. The van der Waals surface area contributed by atoms with Gasteiger partial charge >= 0.3 is 6.18 Å². The van der Waals surface area contributed by atoms with Crippen molar-refractivity contribution in [3.63, 3.8) is 0 Å². The lowest BCUT2D eigenvalue weighted by Crippen LogP contribution is -2.43. The van der Waals surface area contributed by atoms with Gasteiger partial charge in [-0.1, -0.05) is 6.42 Å². The van der Waals surface area contributed by atoms with Crippen molar-refractivity contribution in [3.05, 3.63) is 0 Å². The molecule has 0 unspecified atom stereocenters. The van der Waals surface area contributed by atoms with Gasteiger partial charge in [0, 0.05) is 26.2 Å². The summed E-state index contributed by atoms with van der Waals surface area (Å²) in [7, 11) is 1.47. The molecule has 0 bridgehead atoms. The molecule has 1 aliphatic heterocycles. The van der Waals surface area contributed by atoms with E-state index >= 15 is 0 Å². The molecular weight excluding hydrogens is 434 g/mol. The molecule has 0 aromatic rings. The average Bonchev–Trinajstić information content (AvgIpc) is 2.46. The fraction of sp³-hybridized carbons (Fsp3) is 0.933. The van der Waals surface area contributed by atoms with Crippen molar-refractivity contribution < 1.29 is 13.2 Å². The normalized spacial score (nSPS) is 16.8. The van der Waals surface area contributed by atoms with Gasteiger partial charge in [-0.25, -0.2) is 0 Å². The number of halogens is 4. The molecule has 1 rings (SSSR count). The Bertz CT molecular complexity index is 346.